The number of hydrogen-bond acceptors (Lipinski definition) is 13. The van der Waals surface area contributed by atoms with Crippen molar-refractivity contribution < 1.29 is 70.6 Å². The number of cyclic esters (lactones) is 2. The molecule has 2 aromatic carbocycles. The third-order valence-corrected chi connectivity index (χ3v) is 11.2. The third-order valence-electron chi connectivity index (χ3n) is 11.2. The molecule has 0 N–H and O–H groups in total. The van der Waals surface area contributed by atoms with Gasteiger partial charge in [-0.2, -0.15) is 0 Å². The fraction of sp³-hybridized carbons (Fsp3) is 0.627. The highest BCUT2D eigenvalue weighted by molar-refractivity contribution is 5.82. The van der Waals surface area contributed by atoms with Crippen molar-refractivity contribution in [2.45, 2.75) is 154 Å². The SMILES string of the molecule is C=CCO[C@@H]1[C@@H](Cc2ccc(F)cc2)CCC[C@H](N(COC)C(=O)OC(C)(C)C)C(=O)O[C@H]1C.COCN(C(=O)OC(C)(C)C)[C@H]1CCC[C@H](Cc2ccc(F)cc2)[C@@H](OCC=O)[C@H](C)OC1=O. The number of amides is 2. The highest BCUT2D eigenvalue weighted by Crippen LogP contribution is 2.31. The minimum absolute atomic E-state index is 0.0179. The first-order chi connectivity index (χ1) is 32.1. The van der Waals surface area contributed by atoms with E-state index in [1.165, 1.54) is 48.3 Å². The summed E-state index contributed by atoms with van der Waals surface area (Å²) in [5, 5.41) is 0. The van der Waals surface area contributed by atoms with Crippen molar-refractivity contribution in [2.24, 2.45) is 11.8 Å². The van der Waals surface area contributed by atoms with Gasteiger partial charge in [0.15, 0.2) is 0 Å². The monoisotopic (exact) mass is 961 g/mol. The average molecular weight is 961 g/mol. The van der Waals surface area contributed by atoms with Crippen molar-refractivity contribution in [3.05, 3.63) is 83.9 Å². The predicted octanol–water partition coefficient (Wildman–Crippen LogP) is 8.77. The van der Waals surface area contributed by atoms with Gasteiger partial charge in [-0.1, -0.05) is 43.2 Å². The van der Waals surface area contributed by atoms with Crippen LogP contribution < -0.4 is 0 Å². The van der Waals surface area contributed by atoms with Gasteiger partial charge in [-0.05, 0) is 141 Å². The Hall–Kier alpha value is -4.97. The summed E-state index contributed by atoms with van der Waals surface area (Å²) in [6.45, 7) is 17.7. The zero-order valence-corrected chi connectivity index (χ0v) is 41.5. The van der Waals surface area contributed by atoms with Gasteiger partial charge in [0, 0.05) is 14.2 Å². The molecular weight excluding hydrogens is 887 g/mol. The van der Waals surface area contributed by atoms with Crippen molar-refractivity contribution in [2.75, 3.05) is 40.9 Å². The van der Waals surface area contributed by atoms with Crippen LogP contribution in [0, 0.1) is 23.5 Å². The Kier molecular flexibility index (Phi) is 23.5. The van der Waals surface area contributed by atoms with Crippen molar-refractivity contribution in [3.63, 3.8) is 0 Å². The second-order valence-corrected chi connectivity index (χ2v) is 19.1. The number of halogens is 2. The van der Waals surface area contributed by atoms with Gasteiger partial charge in [0.2, 0.25) is 0 Å². The minimum atomic E-state index is -0.895. The maximum absolute atomic E-state index is 13.4. The smallest absolute Gasteiger partial charge is 0.412 e. The summed E-state index contributed by atoms with van der Waals surface area (Å²) in [6, 6.07) is 10.9. The van der Waals surface area contributed by atoms with Gasteiger partial charge in [0.1, 0.15) is 73.5 Å². The lowest BCUT2D eigenvalue weighted by molar-refractivity contribution is -0.166. The highest BCUT2D eigenvalue weighted by Gasteiger charge is 2.41. The van der Waals surface area contributed by atoms with Crippen LogP contribution in [0.15, 0.2) is 61.2 Å². The molecule has 0 aliphatic carbocycles. The molecule has 0 bridgehead atoms. The fourth-order valence-electron chi connectivity index (χ4n) is 8.32. The number of carbonyl (C=O) groups is 5. The topological polar surface area (TPSA) is 166 Å². The molecule has 0 saturated carbocycles. The molecule has 2 aliphatic heterocycles. The molecule has 2 heterocycles. The molecule has 2 saturated heterocycles. The van der Waals surface area contributed by atoms with Crippen LogP contribution >= 0.6 is 0 Å². The van der Waals surface area contributed by atoms with E-state index >= 15 is 0 Å². The molecule has 4 rings (SSSR count). The number of aldehydes is 1. The summed E-state index contributed by atoms with van der Waals surface area (Å²) in [6.07, 6.45) is 3.37. The first-order valence-corrected chi connectivity index (χ1v) is 23.3. The Balaban J connectivity index is 0.000000360. The molecule has 0 unspecified atom stereocenters. The Morgan fingerprint density at radius 3 is 1.35 bits per heavy atom. The van der Waals surface area contributed by atoms with E-state index in [2.05, 4.69) is 6.58 Å². The molecule has 0 spiro atoms. The Morgan fingerprint density at radius 1 is 0.662 bits per heavy atom. The van der Waals surface area contributed by atoms with E-state index in [0.717, 1.165) is 17.5 Å². The fourth-order valence-corrected chi connectivity index (χ4v) is 8.32. The number of ether oxygens (including phenoxy) is 8. The van der Waals surface area contributed by atoms with Crippen LogP contribution in [-0.2, 0) is 65.1 Å². The molecule has 15 nitrogen and oxygen atoms in total. The first kappa shape index (κ1) is 57.3. The largest absolute Gasteiger partial charge is 0.458 e. The summed E-state index contributed by atoms with van der Waals surface area (Å²) in [5.41, 5.74) is 0.424. The molecule has 380 valence electrons. The molecule has 2 aromatic rings. The van der Waals surface area contributed by atoms with E-state index in [9.17, 15) is 32.8 Å². The molecule has 0 radical (unpaired) electrons. The number of benzene rings is 2. The summed E-state index contributed by atoms with van der Waals surface area (Å²) in [5.74, 6) is -1.79. The van der Waals surface area contributed by atoms with Crippen molar-refractivity contribution in [1.82, 2.24) is 9.80 Å². The zero-order valence-electron chi connectivity index (χ0n) is 41.5. The minimum Gasteiger partial charge on any atom is -0.458 e. The Labute approximate surface area is 401 Å². The zero-order chi connectivity index (χ0) is 50.6. The molecule has 17 heteroatoms. The lowest BCUT2D eigenvalue weighted by atomic mass is 9.86. The summed E-state index contributed by atoms with van der Waals surface area (Å²) >= 11 is 0. The van der Waals surface area contributed by atoms with E-state index in [1.807, 2.05) is 0 Å². The molecule has 2 fully saturated rings. The number of carbonyl (C=O) groups excluding carboxylic acids is 5. The van der Waals surface area contributed by atoms with Crippen LogP contribution in [0.1, 0.15) is 105 Å². The van der Waals surface area contributed by atoms with E-state index in [4.69, 9.17) is 37.9 Å². The van der Waals surface area contributed by atoms with Gasteiger partial charge >= 0.3 is 24.1 Å². The van der Waals surface area contributed by atoms with Gasteiger partial charge in [-0.25, -0.2) is 28.0 Å². The van der Waals surface area contributed by atoms with Crippen LogP contribution in [0.4, 0.5) is 18.4 Å². The lowest BCUT2D eigenvalue weighted by Gasteiger charge is -2.33. The molecule has 2 aliphatic rings. The van der Waals surface area contributed by atoms with Crippen LogP contribution in [0.2, 0.25) is 0 Å². The van der Waals surface area contributed by atoms with Gasteiger partial charge in [0.05, 0.1) is 18.8 Å². The van der Waals surface area contributed by atoms with Crippen LogP contribution in [0.5, 0.6) is 0 Å². The number of hydrogen-bond donors (Lipinski definition) is 0. The normalized spacial score (nSPS) is 23.8. The number of esters is 2. The number of rotatable bonds is 16. The number of nitrogens with zero attached hydrogens (tertiary/aromatic N) is 2. The van der Waals surface area contributed by atoms with E-state index in [1.54, 1.807) is 85.7 Å². The second kappa shape index (κ2) is 27.9. The van der Waals surface area contributed by atoms with Crippen molar-refractivity contribution in [3.8, 4) is 0 Å². The lowest BCUT2D eigenvalue weighted by Crippen LogP contribution is -2.49. The van der Waals surface area contributed by atoms with Crippen molar-refractivity contribution >= 4 is 30.4 Å². The predicted molar refractivity (Wildman–Crippen MR) is 249 cm³/mol. The Bertz CT molecular complexity index is 1750. The summed E-state index contributed by atoms with van der Waals surface area (Å²) in [4.78, 5) is 65.5. The van der Waals surface area contributed by atoms with Gasteiger partial charge < -0.3 is 42.7 Å². The highest BCUT2D eigenvalue weighted by atomic mass is 19.1. The van der Waals surface area contributed by atoms with Crippen LogP contribution in [-0.4, -0.2) is 129 Å². The first-order valence-electron chi connectivity index (χ1n) is 23.3. The number of methoxy groups -OCH3 is 2. The maximum atomic E-state index is 13.4. The van der Waals surface area contributed by atoms with Crippen LogP contribution in [0.3, 0.4) is 0 Å². The Morgan fingerprint density at radius 2 is 1.03 bits per heavy atom. The van der Waals surface area contributed by atoms with E-state index in [-0.39, 0.29) is 49.6 Å². The summed E-state index contributed by atoms with van der Waals surface area (Å²) < 4.78 is 71.5. The standard InChI is InChI=1S/C26H38FNO6.C25H36FNO7/c1-7-15-32-23-18(2)33-24(29)22(28(17-31-6)25(30)34-26(3,4)5)10-8-9-20(23)16-19-11-13-21(27)14-12-19;1-17-22(32-14-13-28)19(15-18-9-11-20(26)12-10-18)7-6-8-21(23(29)33-17)27(16-31-5)24(30)34-25(2,3)4/h7,11-14,18,20,22-23H,1,8-10,15-17H2,2-6H3;9-13,17,19,21-22H,6-8,14-16H2,1-5H3/t18-,20+,22-,23-;17-,19+,21-,22-/m00/s1. The third kappa shape index (κ3) is 19.2. The molecular formula is C51H74F2N2O13. The maximum Gasteiger partial charge on any atom is 0.412 e. The van der Waals surface area contributed by atoms with Crippen LogP contribution in [0.25, 0.3) is 0 Å². The average Bonchev–Trinajstić information content (AvgIpc) is 3.34. The van der Waals surface area contributed by atoms with Crippen molar-refractivity contribution in [1.29, 1.82) is 0 Å². The quantitative estimate of drug-likeness (QED) is 0.0516. The van der Waals surface area contributed by atoms with E-state index in [0.29, 0.717) is 57.8 Å². The molecule has 68 heavy (non-hydrogen) atoms. The van der Waals surface area contributed by atoms with Gasteiger partial charge in [0.25, 0.3) is 0 Å². The van der Waals surface area contributed by atoms with E-state index < -0.39 is 65.7 Å². The molecule has 0 aromatic heterocycles. The van der Waals surface area contributed by atoms with Gasteiger partial charge in [-0.15, -0.1) is 6.58 Å². The van der Waals surface area contributed by atoms with Gasteiger partial charge in [-0.3, -0.25) is 9.80 Å². The molecule has 2 amide bonds. The second-order valence-electron chi connectivity index (χ2n) is 19.1. The molecule has 8 atom stereocenters. The summed E-state index contributed by atoms with van der Waals surface area (Å²) in [7, 11) is 2.89.